The fourth-order valence-electron chi connectivity index (χ4n) is 2.73. The van der Waals surface area contributed by atoms with Crippen molar-refractivity contribution >= 4 is 31.7 Å². The molecule has 0 aliphatic carbocycles. The highest BCUT2D eigenvalue weighted by atomic mass is 35.7. The van der Waals surface area contributed by atoms with Crippen molar-refractivity contribution in [3.63, 3.8) is 0 Å². The Kier molecular flexibility index (Phi) is 5.46. The van der Waals surface area contributed by atoms with Crippen LogP contribution in [0.25, 0.3) is 0 Å². The summed E-state index contributed by atoms with van der Waals surface area (Å²) >= 11 is 0. The smallest absolute Gasteiger partial charge is 0.303 e. The number of carbonyl (C=O) groups is 2. The van der Waals surface area contributed by atoms with E-state index in [1.165, 1.54) is 6.92 Å². The van der Waals surface area contributed by atoms with Crippen LogP contribution in [-0.4, -0.2) is 62.6 Å². The van der Waals surface area contributed by atoms with E-state index in [0.717, 1.165) is 6.92 Å². The van der Waals surface area contributed by atoms with Gasteiger partial charge < -0.3 is 23.7 Å². The van der Waals surface area contributed by atoms with Gasteiger partial charge in [-0.2, -0.15) is 0 Å². The van der Waals surface area contributed by atoms with Crippen LogP contribution in [-0.2, 0) is 42.3 Å². The molecule has 0 unspecified atom stereocenters. The van der Waals surface area contributed by atoms with Gasteiger partial charge in [-0.25, -0.2) is 8.42 Å². The molecule has 0 spiro atoms. The first kappa shape index (κ1) is 19.4. The van der Waals surface area contributed by atoms with Crippen molar-refractivity contribution < 1.29 is 41.7 Å². The van der Waals surface area contributed by atoms with Crippen molar-refractivity contribution in [1.29, 1.82) is 0 Å². The number of halogens is 1. The molecule has 0 aromatic heterocycles. The van der Waals surface area contributed by atoms with E-state index in [1.54, 1.807) is 13.8 Å². The molecule has 24 heavy (non-hydrogen) atoms. The molecule has 9 nitrogen and oxygen atoms in total. The average Bonchev–Trinajstić information content (AvgIpc) is 2.79. The molecule has 0 N–H and O–H groups in total. The summed E-state index contributed by atoms with van der Waals surface area (Å²) in [5.74, 6) is -3.03. The first-order valence-corrected chi connectivity index (χ1v) is 9.64. The average molecular weight is 387 g/mol. The lowest BCUT2D eigenvalue weighted by molar-refractivity contribution is -0.230. The Morgan fingerprint density at radius 2 is 1.83 bits per heavy atom. The molecule has 0 aromatic rings. The van der Waals surface area contributed by atoms with Crippen molar-refractivity contribution in [2.24, 2.45) is 0 Å². The third-order valence-corrected chi connectivity index (χ3v) is 4.48. The van der Waals surface area contributed by atoms with Crippen molar-refractivity contribution in [2.45, 2.75) is 64.2 Å². The van der Waals surface area contributed by atoms with Crippen molar-refractivity contribution in [3.05, 3.63) is 0 Å². The van der Waals surface area contributed by atoms with Crippen LogP contribution in [0.1, 0.15) is 27.7 Å². The third-order valence-electron chi connectivity index (χ3n) is 3.38. The molecule has 2 rings (SSSR count). The Morgan fingerprint density at radius 1 is 1.21 bits per heavy atom. The first-order valence-electron chi connectivity index (χ1n) is 7.16. The number of fused-ring (bicyclic) bond motifs is 1. The van der Waals surface area contributed by atoms with Crippen LogP contribution in [0.4, 0.5) is 0 Å². The number of rotatable bonds is 5. The fourth-order valence-corrected chi connectivity index (χ4v) is 3.76. The maximum Gasteiger partial charge on any atom is 0.303 e. The maximum atomic E-state index is 11.4. The summed E-state index contributed by atoms with van der Waals surface area (Å²) in [5, 5.41) is 0. The second-order valence-electron chi connectivity index (χ2n) is 6.00. The lowest BCUT2D eigenvalue weighted by Crippen LogP contribution is -2.47. The summed E-state index contributed by atoms with van der Waals surface area (Å²) in [4.78, 5) is 22.7. The monoisotopic (exact) mass is 386 g/mol. The highest BCUT2D eigenvalue weighted by molar-refractivity contribution is 8.13. The Balaban J connectivity index is 2.27. The van der Waals surface area contributed by atoms with Gasteiger partial charge in [-0.3, -0.25) is 9.59 Å². The van der Waals surface area contributed by atoms with E-state index < -0.39 is 63.2 Å². The predicted octanol–water partition coefficient (Wildman–Crippen LogP) is 0.295. The Morgan fingerprint density at radius 3 is 2.33 bits per heavy atom. The largest absolute Gasteiger partial charge is 0.458 e. The van der Waals surface area contributed by atoms with E-state index in [-0.39, 0.29) is 0 Å². The second kappa shape index (κ2) is 6.75. The van der Waals surface area contributed by atoms with Crippen LogP contribution in [0.3, 0.4) is 0 Å². The van der Waals surface area contributed by atoms with Crippen LogP contribution < -0.4 is 0 Å². The summed E-state index contributed by atoms with van der Waals surface area (Å²) in [7, 11) is 1.25. The van der Waals surface area contributed by atoms with E-state index in [1.807, 2.05) is 0 Å². The van der Waals surface area contributed by atoms with Crippen molar-refractivity contribution in [3.8, 4) is 0 Å². The number of esters is 2. The molecule has 11 heteroatoms. The van der Waals surface area contributed by atoms with Gasteiger partial charge in [-0.15, -0.1) is 0 Å². The molecular weight excluding hydrogens is 368 g/mol. The van der Waals surface area contributed by atoms with Crippen LogP contribution in [0.5, 0.6) is 0 Å². The standard InChI is InChI=1S/C13H19ClO9S/c1-6(15)19-8(5-24(14,17)18)9-10(20-7(2)16)11-12(21-9)23-13(3,4)22-11/h8-12H,5H2,1-4H3/t8-,9-,10+,11-,12-/m1/s1. The van der Waals surface area contributed by atoms with Gasteiger partial charge in [0, 0.05) is 24.5 Å². The highest BCUT2D eigenvalue weighted by Crippen LogP contribution is 2.40. The normalized spacial score (nSPS) is 32.9. The van der Waals surface area contributed by atoms with E-state index in [4.69, 9.17) is 34.4 Å². The molecule has 2 saturated heterocycles. The molecule has 0 bridgehead atoms. The molecule has 0 saturated carbocycles. The van der Waals surface area contributed by atoms with Gasteiger partial charge in [0.2, 0.25) is 9.05 Å². The summed E-state index contributed by atoms with van der Waals surface area (Å²) in [5.41, 5.74) is 0. The summed E-state index contributed by atoms with van der Waals surface area (Å²) in [6.45, 7) is 5.60. The number of carbonyl (C=O) groups excluding carboxylic acids is 2. The van der Waals surface area contributed by atoms with Gasteiger partial charge in [0.05, 0.1) is 0 Å². The predicted molar refractivity (Wildman–Crippen MR) is 79.4 cm³/mol. The quantitative estimate of drug-likeness (QED) is 0.485. The van der Waals surface area contributed by atoms with Gasteiger partial charge in [0.15, 0.2) is 24.3 Å². The summed E-state index contributed by atoms with van der Waals surface area (Å²) in [6, 6.07) is 0. The molecule has 138 valence electrons. The van der Waals surface area contributed by atoms with Gasteiger partial charge in [0.25, 0.3) is 0 Å². The van der Waals surface area contributed by atoms with Crippen LogP contribution in [0.2, 0.25) is 0 Å². The molecule has 2 heterocycles. The minimum atomic E-state index is -4.01. The van der Waals surface area contributed by atoms with E-state index in [9.17, 15) is 18.0 Å². The first-order chi connectivity index (χ1) is 10.9. The Bertz CT molecular complexity index is 617. The van der Waals surface area contributed by atoms with Crippen LogP contribution in [0.15, 0.2) is 0 Å². The molecule has 5 atom stereocenters. The van der Waals surface area contributed by atoms with Crippen LogP contribution in [0, 0.1) is 0 Å². The maximum absolute atomic E-state index is 11.4. The summed E-state index contributed by atoms with van der Waals surface area (Å²) in [6.07, 6.45) is -5.08. The molecular formula is C13H19ClO9S. The van der Waals surface area contributed by atoms with Gasteiger partial charge in [0.1, 0.15) is 18.0 Å². The summed E-state index contributed by atoms with van der Waals surface area (Å²) < 4.78 is 49.8. The number of ether oxygens (including phenoxy) is 5. The van der Waals surface area contributed by atoms with Gasteiger partial charge in [-0.1, -0.05) is 0 Å². The van der Waals surface area contributed by atoms with E-state index in [2.05, 4.69) is 0 Å². The second-order valence-corrected chi connectivity index (χ2v) is 8.82. The Hall–Kier alpha value is -0.940. The molecule has 0 aromatic carbocycles. The number of hydrogen-bond acceptors (Lipinski definition) is 9. The number of hydrogen-bond donors (Lipinski definition) is 0. The van der Waals surface area contributed by atoms with E-state index >= 15 is 0 Å². The molecule has 0 radical (unpaired) electrons. The zero-order valence-electron chi connectivity index (χ0n) is 13.6. The minimum absolute atomic E-state index is 0.627. The molecule has 2 aliphatic rings. The molecule has 2 aliphatic heterocycles. The fraction of sp³-hybridized carbons (Fsp3) is 0.846. The van der Waals surface area contributed by atoms with Gasteiger partial charge >= 0.3 is 11.9 Å². The third kappa shape index (κ3) is 4.79. The van der Waals surface area contributed by atoms with Crippen LogP contribution >= 0.6 is 10.7 Å². The lowest BCUT2D eigenvalue weighted by Gasteiger charge is -2.29. The van der Waals surface area contributed by atoms with Gasteiger partial charge in [-0.05, 0) is 13.8 Å². The molecule has 0 amide bonds. The van der Waals surface area contributed by atoms with Crippen molar-refractivity contribution in [2.75, 3.05) is 5.75 Å². The zero-order chi connectivity index (χ0) is 18.3. The SMILES string of the molecule is CC(=O)O[C@@H]1[C@H]2OC(C)(C)O[C@H]2O[C@@H]1[C@@H](CS(=O)(=O)Cl)OC(C)=O. The zero-order valence-corrected chi connectivity index (χ0v) is 15.1. The highest BCUT2D eigenvalue weighted by Gasteiger charge is 2.59. The van der Waals surface area contributed by atoms with Crippen molar-refractivity contribution in [1.82, 2.24) is 0 Å². The Labute approximate surface area is 143 Å². The van der Waals surface area contributed by atoms with E-state index in [0.29, 0.717) is 0 Å². The molecule has 2 fully saturated rings. The minimum Gasteiger partial charge on any atom is -0.458 e. The lowest BCUT2D eigenvalue weighted by atomic mass is 10.1. The topological polar surface area (TPSA) is 114 Å².